The second kappa shape index (κ2) is 6.64. The highest BCUT2D eigenvalue weighted by atomic mass is 32.2. The third kappa shape index (κ3) is 3.38. The highest BCUT2D eigenvalue weighted by molar-refractivity contribution is 7.98. The van der Waals surface area contributed by atoms with Gasteiger partial charge < -0.3 is 5.32 Å². The summed E-state index contributed by atoms with van der Waals surface area (Å²) in [6.45, 7) is 2.98. The summed E-state index contributed by atoms with van der Waals surface area (Å²) in [6, 6.07) is 2.06. The molecule has 0 saturated heterocycles. The van der Waals surface area contributed by atoms with Gasteiger partial charge in [-0.25, -0.2) is 9.50 Å². The lowest BCUT2D eigenvalue weighted by molar-refractivity contribution is 0.748. The van der Waals surface area contributed by atoms with E-state index in [1.54, 1.807) is 6.20 Å². The lowest BCUT2D eigenvalue weighted by Gasteiger charge is -2.06. The molecule has 4 nitrogen and oxygen atoms in total. The molecule has 0 aliphatic rings. The van der Waals surface area contributed by atoms with Crippen molar-refractivity contribution in [3.63, 3.8) is 0 Å². The van der Waals surface area contributed by atoms with Crippen LogP contribution in [-0.4, -0.2) is 33.2 Å². The quantitative estimate of drug-likeness (QED) is 0.781. The molecule has 1 N–H and O–H groups in total. The number of nitrogens with zero attached hydrogens (tertiary/aromatic N) is 3. The van der Waals surface area contributed by atoms with Gasteiger partial charge in [0.1, 0.15) is 5.52 Å². The number of hydrogen-bond donors (Lipinski definition) is 1. The number of hydrogen-bond acceptors (Lipinski definition) is 4. The summed E-state index contributed by atoms with van der Waals surface area (Å²) in [5.41, 5.74) is 2.07. The molecule has 2 heterocycles. The minimum absolute atomic E-state index is 0.933. The summed E-state index contributed by atoms with van der Waals surface area (Å²) in [4.78, 5) is 4.38. The van der Waals surface area contributed by atoms with E-state index >= 15 is 0 Å². The molecule has 0 fully saturated rings. The van der Waals surface area contributed by atoms with Crippen molar-refractivity contribution in [3.05, 3.63) is 24.2 Å². The number of rotatable bonds is 7. The Hall–Kier alpha value is -1.23. The van der Waals surface area contributed by atoms with Crippen LogP contribution in [0.25, 0.3) is 5.52 Å². The number of nitrogens with one attached hydrogen (secondary N) is 1. The van der Waals surface area contributed by atoms with Crippen LogP contribution < -0.4 is 5.32 Å². The van der Waals surface area contributed by atoms with Crippen molar-refractivity contribution >= 4 is 23.1 Å². The predicted molar refractivity (Wildman–Crippen MR) is 78.4 cm³/mol. The summed E-state index contributed by atoms with van der Waals surface area (Å²) in [7, 11) is 0. The van der Waals surface area contributed by atoms with Gasteiger partial charge in [0.05, 0.1) is 5.69 Å². The number of aromatic nitrogens is 3. The lowest BCUT2D eigenvalue weighted by atomic mass is 10.2. The standard InChI is InChI=1S/C13H20N4S/c1-11-10-12-13(15-7-8-17(12)16-11)14-6-4-3-5-9-18-2/h7-8,10H,3-6,9H2,1-2H3,(H,14,15). The molecule has 18 heavy (non-hydrogen) atoms. The zero-order valence-electron chi connectivity index (χ0n) is 11.0. The molecule has 0 atom stereocenters. The van der Waals surface area contributed by atoms with Crippen LogP contribution in [0.5, 0.6) is 0 Å². The molecular formula is C13H20N4S. The molecule has 2 rings (SSSR count). The van der Waals surface area contributed by atoms with Crippen LogP contribution in [0, 0.1) is 6.92 Å². The van der Waals surface area contributed by atoms with Crippen LogP contribution in [0.3, 0.4) is 0 Å². The second-order valence-electron chi connectivity index (χ2n) is 4.37. The topological polar surface area (TPSA) is 42.2 Å². The van der Waals surface area contributed by atoms with Crippen molar-refractivity contribution in [2.45, 2.75) is 26.2 Å². The first-order chi connectivity index (χ1) is 8.81. The number of aryl methyl sites for hydroxylation is 1. The van der Waals surface area contributed by atoms with Gasteiger partial charge in [0.15, 0.2) is 5.82 Å². The van der Waals surface area contributed by atoms with Crippen molar-refractivity contribution in [2.24, 2.45) is 0 Å². The van der Waals surface area contributed by atoms with E-state index in [0.29, 0.717) is 0 Å². The summed E-state index contributed by atoms with van der Waals surface area (Å²) in [6.07, 6.45) is 9.59. The first-order valence-corrected chi connectivity index (χ1v) is 7.74. The van der Waals surface area contributed by atoms with Crippen LogP contribution in [-0.2, 0) is 0 Å². The number of unbranched alkanes of at least 4 members (excludes halogenated alkanes) is 2. The SMILES string of the molecule is CSCCCCCNc1nccn2nc(C)cc12. The van der Waals surface area contributed by atoms with Gasteiger partial charge in [0, 0.05) is 18.9 Å². The predicted octanol–water partition coefficient (Wildman–Crippen LogP) is 2.98. The van der Waals surface area contributed by atoms with Crippen LogP contribution in [0.1, 0.15) is 25.0 Å². The average Bonchev–Trinajstić information content (AvgIpc) is 2.74. The molecule has 2 aromatic rings. The van der Waals surface area contributed by atoms with Crippen molar-refractivity contribution in [2.75, 3.05) is 23.9 Å². The van der Waals surface area contributed by atoms with E-state index in [9.17, 15) is 0 Å². The third-order valence-corrected chi connectivity index (χ3v) is 3.53. The Balaban J connectivity index is 1.87. The molecule has 0 unspecified atom stereocenters. The molecule has 0 aliphatic carbocycles. The van der Waals surface area contributed by atoms with E-state index in [0.717, 1.165) is 23.6 Å². The van der Waals surface area contributed by atoms with Gasteiger partial charge in [0.25, 0.3) is 0 Å². The number of thioether (sulfide) groups is 1. The third-order valence-electron chi connectivity index (χ3n) is 2.83. The maximum absolute atomic E-state index is 4.38. The zero-order valence-corrected chi connectivity index (χ0v) is 11.8. The maximum atomic E-state index is 4.38. The fourth-order valence-electron chi connectivity index (χ4n) is 1.94. The smallest absolute Gasteiger partial charge is 0.152 e. The monoisotopic (exact) mass is 264 g/mol. The Kier molecular flexibility index (Phi) is 4.87. The van der Waals surface area contributed by atoms with Crippen molar-refractivity contribution < 1.29 is 0 Å². The van der Waals surface area contributed by atoms with E-state index < -0.39 is 0 Å². The van der Waals surface area contributed by atoms with E-state index in [-0.39, 0.29) is 0 Å². The summed E-state index contributed by atoms with van der Waals surface area (Å²) in [5, 5.41) is 7.78. The summed E-state index contributed by atoms with van der Waals surface area (Å²) < 4.78 is 1.87. The van der Waals surface area contributed by atoms with Gasteiger partial charge in [-0.3, -0.25) is 0 Å². The van der Waals surface area contributed by atoms with Gasteiger partial charge in [-0.1, -0.05) is 6.42 Å². The second-order valence-corrected chi connectivity index (χ2v) is 5.36. The molecule has 0 aromatic carbocycles. The number of fused-ring (bicyclic) bond motifs is 1. The first kappa shape index (κ1) is 13.2. The molecule has 0 spiro atoms. The Bertz CT molecular complexity index is 495. The van der Waals surface area contributed by atoms with Gasteiger partial charge in [-0.05, 0) is 37.8 Å². The molecule has 0 radical (unpaired) electrons. The maximum Gasteiger partial charge on any atom is 0.152 e. The molecule has 0 amide bonds. The Labute approximate surface area is 112 Å². The minimum atomic E-state index is 0.933. The van der Waals surface area contributed by atoms with Crippen molar-refractivity contribution in [1.29, 1.82) is 0 Å². The number of anilines is 1. The van der Waals surface area contributed by atoms with Gasteiger partial charge >= 0.3 is 0 Å². The van der Waals surface area contributed by atoms with Crippen LogP contribution in [0.2, 0.25) is 0 Å². The first-order valence-electron chi connectivity index (χ1n) is 6.35. The van der Waals surface area contributed by atoms with Gasteiger partial charge in [-0.15, -0.1) is 0 Å². The zero-order chi connectivity index (χ0) is 12.8. The Morgan fingerprint density at radius 2 is 2.22 bits per heavy atom. The van der Waals surface area contributed by atoms with E-state index in [1.807, 2.05) is 29.4 Å². The normalized spacial score (nSPS) is 11.0. The largest absolute Gasteiger partial charge is 0.368 e. The van der Waals surface area contributed by atoms with Crippen LogP contribution in [0.4, 0.5) is 5.82 Å². The Morgan fingerprint density at radius 1 is 1.33 bits per heavy atom. The molecule has 0 bridgehead atoms. The highest BCUT2D eigenvalue weighted by Crippen LogP contribution is 2.14. The highest BCUT2D eigenvalue weighted by Gasteiger charge is 2.03. The summed E-state index contributed by atoms with van der Waals surface area (Å²) >= 11 is 1.92. The van der Waals surface area contributed by atoms with E-state index in [2.05, 4.69) is 27.7 Å². The summed E-state index contributed by atoms with van der Waals surface area (Å²) in [5.74, 6) is 2.19. The molecule has 98 valence electrons. The van der Waals surface area contributed by atoms with Crippen LogP contribution in [0.15, 0.2) is 18.5 Å². The fraction of sp³-hybridized carbons (Fsp3) is 0.538. The van der Waals surface area contributed by atoms with Gasteiger partial charge in [-0.2, -0.15) is 16.9 Å². The Morgan fingerprint density at radius 3 is 3.06 bits per heavy atom. The average molecular weight is 264 g/mol. The lowest BCUT2D eigenvalue weighted by Crippen LogP contribution is -2.05. The van der Waals surface area contributed by atoms with Crippen molar-refractivity contribution in [3.8, 4) is 0 Å². The van der Waals surface area contributed by atoms with Crippen LogP contribution >= 0.6 is 11.8 Å². The van der Waals surface area contributed by atoms with E-state index in [4.69, 9.17) is 0 Å². The molecule has 2 aromatic heterocycles. The minimum Gasteiger partial charge on any atom is -0.368 e. The van der Waals surface area contributed by atoms with Gasteiger partial charge in [0.2, 0.25) is 0 Å². The fourth-order valence-corrected chi connectivity index (χ4v) is 2.43. The molecule has 5 heteroatoms. The molecular weight excluding hydrogens is 244 g/mol. The molecule has 0 saturated carbocycles. The van der Waals surface area contributed by atoms with E-state index in [1.165, 1.54) is 25.0 Å². The van der Waals surface area contributed by atoms with Crippen molar-refractivity contribution in [1.82, 2.24) is 14.6 Å². The molecule has 0 aliphatic heterocycles.